The molecule has 0 bridgehead atoms. The molecule has 1 aromatic rings. The minimum atomic E-state index is 0.221. The van der Waals surface area contributed by atoms with Crippen molar-refractivity contribution in [1.82, 2.24) is 4.98 Å². The van der Waals surface area contributed by atoms with Crippen LogP contribution in [0.3, 0.4) is 0 Å². The normalized spacial score (nSPS) is 12.8. The van der Waals surface area contributed by atoms with Crippen LogP contribution in [0.1, 0.15) is 78.6 Å². The molecule has 0 saturated carbocycles. The molecule has 1 nitrogen and oxygen atoms in total. The summed E-state index contributed by atoms with van der Waals surface area (Å²) in [6.07, 6.45) is 4.59. The minimum Gasteiger partial charge on any atom is -0.257 e. The Morgan fingerprint density at radius 1 is 0.778 bits per heavy atom. The van der Waals surface area contributed by atoms with E-state index in [0.29, 0.717) is 0 Å². The van der Waals surface area contributed by atoms with Crippen molar-refractivity contribution in [1.29, 1.82) is 0 Å². The van der Waals surface area contributed by atoms with E-state index in [2.05, 4.69) is 59.7 Å². The van der Waals surface area contributed by atoms with Gasteiger partial charge in [-0.1, -0.05) is 47.6 Å². The van der Waals surface area contributed by atoms with Gasteiger partial charge in [-0.15, -0.1) is 0 Å². The lowest BCUT2D eigenvalue weighted by atomic mass is 9.78. The highest BCUT2D eigenvalue weighted by Gasteiger charge is 2.28. The highest BCUT2D eigenvalue weighted by Crippen LogP contribution is 2.33. The molecular weight excluding hydrogens is 218 g/mol. The average Bonchev–Trinajstić information content (AvgIpc) is 2.45. The van der Waals surface area contributed by atoms with E-state index in [1.165, 1.54) is 11.4 Å². The average molecular weight is 247 g/mol. The van der Waals surface area contributed by atoms with Crippen molar-refractivity contribution in [2.24, 2.45) is 0 Å². The SMILES string of the molecule is CCC(C)(CC)c1cccc(C(C)(CC)CC)n1. The van der Waals surface area contributed by atoms with Crippen molar-refractivity contribution in [3.63, 3.8) is 0 Å². The van der Waals surface area contributed by atoms with Gasteiger partial charge in [-0.2, -0.15) is 0 Å². The summed E-state index contributed by atoms with van der Waals surface area (Å²) in [4.78, 5) is 5.00. The van der Waals surface area contributed by atoms with Gasteiger partial charge >= 0.3 is 0 Å². The molecule has 102 valence electrons. The second kappa shape index (κ2) is 5.86. The third-order valence-corrected chi connectivity index (χ3v) is 5.11. The van der Waals surface area contributed by atoms with Gasteiger partial charge in [-0.05, 0) is 37.8 Å². The summed E-state index contributed by atoms with van der Waals surface area (Å²) in [5.74, 6) is 0. The van der Waals surface area contributed by atoms with Gasteiger partial charge in [0.15, 0.2) is 0 Å². The van der Waals surface area contributed by atoms with Crippen molar-refractivity contribution in [2.75, 3.05) is 0 Å². The summed E-state index contributed by atoms with van der Waals surface area (Å²) in [6.45, 7) is 13.7. The van der Waals surface area contributed by atoms with E-state index in [1.807, 2.05) is 0 Å². The van der Waals surface area contributed by atoms with Crippen LogP contribution in [0.5, 0.6) is 0 Å². The molecule has 0 amide bonds. The van der Waals surface area contributed by atoms with E-state index in [4.69, 9.17) is 4.98 Å². The summed E-state index contributed by atoms with van der Waals surface area (Å²) < 4.78 is 0. The first-order valence-electron chi connectivity index (χ1n) is 7.43. The van der Waals surface area contributed by atoms with Crippen LogP contribution in [0.4, 0.5) is 0 Å². The topological polar surface area (TPSA) is 12.9 Å². The van der Waals surface area contributed by atoms with Gasteiger partial charge in [0.2, 0.25) is 0 Å². The van der Waals surface area contributed by atoms with Gasteiger partial charge < -0.3 is 0 Å². The molecule has 0 saturated heterocycles. The van der Waals surface area contributed by atoms with Crippen LogP contribution < -0.4 is 0 Å². The number of rotatable bonds is 6. The number of pyridine rings is 1. The summed E-state index contributed by atoms with van der Waals surface area (Å²) in [6, 6.07) is 6.58. The zero-order valence-electron chi connectivity index (χ0n) is 13.0. The van der Waals surface area contributed by atoms with E-state index in [1.54, 1.807) is 0 Å². The lowest BCUT2D eigenvalue weighted by molar-refractivity contribution is 0.400. The van der Waals surface area contributed by atoms with E-state index in [-0.39, 0.29) is 10.8 Å². The fourth-order valence-corrected chi connectivity index (χ4v) is 2.33. The fourth-order valence-electron chi connectivity index (χ4n) is 2.33. The third-order valence-electron chi connectivity index (χ3n) is 5.11. The smallest absolute Gasteiger partial charge is 0.0465 e. The Labute approximate surface area is 113 Å². The van der Waals surface area contributed by atoms with Gasteiger partial charge in [-0.3, -0.25) is 4.98 Å². The quantitative estimate of drug-likeness (QED) is 0.670. The molecule has 18 heavy (non-hydrogen) atoms. The number of hydrogen-bond donors (Lipinski definition) is 0. The standard InChI is InChI=1S/C17H29N/c1-7-16(5,8-2)14-12-11-13-15(18-14)17(6,9-3)10-4/h11-13H,7-10H2,1-6H3. The number of nitrogens with zero attached hydrogens (tertiary/aromatic N) is 1. The van der Waals surface area contributed by atoms with E-state index in [0.717, 1.165) is 25.7 Å². The van der Waals surface area contributed by atoms with Crippen LogP contribution in [0, 0.1) is 0 Å². The molecule has 0 N–H and O–H groups in total. The highest BCUT2D eigenvalue weighted by molar-refractivity contribution is 5.23. The Hall–Kier alpha value is -0.850. The number of aromatic nitrogens is 1. The molecule has 0 atom stereocenters. The second-order valence-electron chi connectivity index (χ2n) is 5.94. The first-order valence-corrected chi connectivity index (χ1v) is 7.43. The van der Waals surface area contributed by atoms with Crippen molar-refractivity contribution in [2.45, 2.75) is 78.1 Å². The molecule has 1 heterocycles. The molecule has 0 aliphatic carbocycles. The predicted molar refractivity (Wildman–Crippen MR) is 80.1 cm³/mol. The Balaban J connectivity index is 3.21. The van der Waals surface area contributed by atoms with Gasteiger partial charge in [0.1, 0.15) is 0 Å². The van der Waals surface area contributed by atoms with E-state index < -0.39 is 0 Å². The summed E-state index contributed by atoms with van der Waals surface area (Å²) in [5.41, 5.74) is 2.97. The molecule has 1 aromatic heterocycles. The predicted octanol–water partition coefficient (Wildman–Crippen LogP) is 5.24. The van der Waals surface area contributed by atoms with Crippen LogP contribution in [0.15, 0.2) is 18.2 Å². The Bertz CT molecular complexity index is 340. The number of hydrogen-bond acceptors (Lipinski definition) is 1. The zero-order valence-corrected chi connectivity index (χ0v) is 13.0. The van der Waals surface area contributed by atoms with Gasteiger partial charge in [0.05, 0.1) is 0 Å². The van der Waals surface area contributed by atoms with Gasteiger partial charge in [0, 0.05) is 22.2 Å². The van der Waals surface area contributed by atoms with E-state index >= 15 is 0 Å². The van der Waals surface area contributed by atoms with Crippen LogP contribution in [0.25, 0.3) is 0 Å². The van der Waals surface area contributed by atoms with Gasteiger partial charge in [-0.25, -0.2) is 0 Å². The molecule has 0 aromatic carbocycles. The lowest BCUT2D eigenvalue weighted by Gasteiger charge is -2.30. The minimum absolute atomic E-state index is 0.221. The Morgan fingerprint density at radius 3 is 1.39 bits per heavy atom. The molecule has 1 rings (SSSR count). The van der Waals surface area contributed by atoms with Crippen LogP contribution in [-0.2, 0) is 10.8 Å². The van der Waals surface area contributed by atoms with E-state index in [9.17, 15) is 0 Å². The largest absolute Gasteiger partial charge is 0.257 e. The Kier molecular flexibility index (Phi) is 4.95. The molecule has 0 fully saturated rings. The van der Waals surface area contributed by atoms with Crippen molar-refractivity contribution >= 4 is 0 Å². The molecule has 0 radical (unpaired) electrons. The second-order valence-corrected chi connectivity index (χ2v) is 5.94. The fraction of sp³-hybridized carbons (Fsp3) is 0.706. The van der Waals surface area contributed by atoms with Crippen LogP contribution in [-0.4, -0.2) is 4.98 Å². The third kappa shape index (κ3) is 2.76. The molecule has 0 aliphatic rings. The van der Waals surface area contributed by atoms with Crippen molar-refractivity contribution in [3.05, 3.63) is 29.6 Å². The molecule has 1 heteroatoms. The summed E-state index contributed by atoms with van der Waals surface area (Å²) in [7, 11) is 0. The van der Waals surface area contributed by atoms with Crippen molar-refractivity contribution < 1.29 is 0 Å². The van der Waals surface area contributed by atoms with Crippen LogP contribution >= 0.6 is 0 Å². The maximum Gasteiger partial charge on any atom is 0.0465 e. The first-order chi connectivity index (χ1) is 8.45. The lowest BCUT2D eigenvalue weighted by Crippen LogP contribution is -2.26. The molecule has 0 unspecified atom stereocenters. The maximum atomic E-state index is 5.00. The summed E-state index contributed by atoms with van der Waals surface area (Å²) in [5, 5.41) is 0. The van der Waals surface area contributed by atoms with Crippen molar-refractivity contribution in [3.8, 4) is 0 Å². The Morgan fingerprint density at radius 2 is 1.11 bits per heavy atom. The van der Waals surface area contributed by atoms with Crippen LogP contribution in [0.2, 0.25) is 0 Å². The molecular formula is C17H29N. The highest BCUT2D eigenvalue weighted by atomic mass is 14.8. The molecule has 0 aliphatic heterocycles. The molecule has 0 spiro atoms. The zero-order chi connectivity index (χ0) is 13.8. The van der Waals surface area contributed by atoms with Gasteiger partial charge in [0.25, 0.3) is 0 Å². The first kappa shape index (κ1) is 15.2. The summed E-state index contributed by atoms with van der Waals surface area (Å²) >= 11 is 0. The monoisotopic (exact) mass is 247 g/mol. The maximum absolute atomic E-state index is 5.00.